The van der Waals surface area contributed by atoms with Crippen LogP contribution in [0.2, 0.25) is 0 Å². The highest BCUT2D eigenvalue weighted by molar-refractivity contribution is 6.19. The van der Waals surface area contributed by atoms with E-state index in [-0.39, 0.29) is 0 Å². The molecule has 0 fully saturated rings. The maximum Gasteiger partial charge on any atom is 0.160 e. The van der Waals surface area contributed by atoms with E-state index in [2.05, 4.69) is 167 Å². The Kier molecular flexibility index (Phi) is 7.90. The largest absolute Gasteiger partial charge is 0.309 e. The molecule has 0 N–H and O–H groups in total. The van der Waals surface area contributed by atoms with Crippen LogP contribution in [0.1, 0.15) is 13.8 Å². The molecule has 3 heterocycles. The van der Waals surface area contributed by atoms with Gasteiger partial charge in [0.15, 0.2) is 5.82 Å². The fourth-order valence-electron chi connectivity index (χ4n) is 7.49. The number of fused-ring (bicyclic) bond motifs is 6. The van der Waals surface area contributed by atoms with E-state index in [1.54, 1.807) is 0 Å². The first-order chi connectivity index (χ1) is 25.8. The second-order valence-corrected chi connectivity index (χ2v) is 12.6. The molecule has 10 aromatic rings. The Hall–Kier alpha value is -6.78. The Labute approximate surface area is 302 Å². The molecule has 4 nitrogen and oxygen atoms in total. The summed E-state index contributed by atoms with van der Waals surface area (Å²) in [5, 5.41) is 4.92. The molecule has 3 aromatic heterocycles. The Balaban J connectivity index is 0.00000177. The average molecular weight is 669 g/mol. The molecule has 0 atom stereocenters. The van der Waals surface area contributed by atoms with E-state index < -0.39 is 0 Å². The highest BCUT2D eigenvalue weighted by Crippen LogP contribution is 2.41. The van der Waals surface area contributed by atoms with E-state index in [0.29, 0.717) is 5.82 Å². The minimum Gasteiger partial charge on any atom is -0.309 e. The van der Waals surface area contributed by atoms with Crippen LogP contribution < -0.4 is 0 Å². The molecule has 0 amide bonds. The minimum atomic E-state index is 0.702. The summed E-state index contributed by atoms with van der Waals surface area (Å²) in [5.74, 6) is 0.702. The zero-order chi connectivity index (χ0) is 35.0. The van der Waals surface area contributed by atoms with E-state index in [1.165, 1.54) is 32.6 Å². The van der Waals surface area contributed by atoms with Gasteiger partial charge in [0.05, 0.1) is 39.1 Å². The Morgan fingerprint density at radius 2 is 0.865 bits per heavy atom. The summed E-state index contributed by atoms with van der Waals surface area (Å²) in [5.41, 5.74) is 11.7. The summed E-state index contributed by atoms with van der Waals surface area (Å²) in [6, 6.07) is 64.2. The minimum absolute atomic E-state index is 0.702. The maximum absolute atomic E-state index is 5.23. The number of benzene rings is 7. The summed E-state index contributed by atoms with van der Waals surface area (Å²) in [6.45, 7) is 4.00. The molecule has 0 bridgehead atoms. The first kappa shape index (κ1) is 31.2. The van der Waals surface area contributed by atoms with Crippen molar-refractivity contribution in [2.45, 2.75) is 13.8 Å². The van der Waals surface area contributed by atoms with Gasteiger partial charge in [0.1, 0.15) is 0 Å². The Morgan fingerprint density at radius 1 is 0.365 bits per heavy atom. The highest BCUT2D eigenvalue weighted by atomic mass is 15.0. The summed E-state index contributed by atoms with van der Waals surface area (Å²) >= 11 is 0. The number of aromatic nitrogens is 4. The van der Waals surface area contributed by atoms with Crippen molar-refractivity contribution >= 4 is 43.6 Å². The zero-order valence-corrected chi connectivity index (χ0v) is 29.1. The van der Waals surface area contributed by atoms with Crippen molar-refractivity contribution in [3.63, 3.8) is 0 Å². The summed E-state index contributed by atoms with van der Waals surface area (Å²) in [6.07, 6.45) is 0. The molecule has 4 heteroatoms. The summed E-state index contributed by atoms with van der Waals surface area (Å²) in [4.78, 5) is 10.3. The smallest absolute Gasteiger partial charge is 0.160 e. The first-order valence-corrected chi connectivity index (χ1v) is 17.9. The third-order valence-electron chi connectivity index (χ3n) is 9.73. The fourth-order valence-corrected chi connectivity index (χ4v) is 7.49. The maximum atomic E-state index is 5.23. The molecule has 0 saturated heterocycles. The first-order valence-electron chi connectivity index (χ1n) is 17.9. The van der Waals surface area contributed by atoms with Crippen molar-refractivity contribution in [1.82, 2.24) is 19.1 Å². The molecule has 0 saturated carbocycles. The molecule has 0 unspecified atom stereocenters. The van der Waals surface area contributed by atoms with E-state index >= 15 is 0 Å². The van der Waals surface area contributed by atoms with Crippen molar-refractivity contribution in [3.05, 3.63) is 182 Å². The lowest BCUT2D eigenvalue weighted by atomic mass is 10.0. The Bertz CT molecular complexity index is 2790. The lowest BCUT2D eigenvalue weighted by Crippen LogP contribution is -2.01. The van der Waals surface area contributed by atoms with E-state index in [9.17, 15) is 0 Å². The van der Waals surface area contributed by atoms with Crippen molar-refractivity contribution in [2.75, 3.05) is 0 Å². The fraction of sp³-hybridized carbons (Fsp3) is 0.0417. The van der Waals surface area contributed by atoms with Gasteiger partial charge in [0, 0.05) is 43.9 Å². The molecule has 0 aliphatic rings. The van der Waals surface area contributed by atoms with Crippen LogP contribution in [0, 0.1) is 0 Å². The predicted molar refractivity (Wildman–Crippen MR) is 218 cm³/mol. The van der Waals surface area contributed by atoms with Crippen LogP contribution >= 0.6 is 0 Å². The zero-order valence-electron chi connectivity index (χ0n) is 29.1. The van der Waals surface area contributed by atoms with Crippen LogP contribution in [0.25, 0.3) is 88.9 Å². The van der Waals surface area contributed by atoms with Crippen LogP contribution in [0.4, 0.5) is 0 Å². The molecule has 52 heavy (non-hydrogen) atoms. The van der Waals surface area contributed by atoms with Crippen LogP contribution in [-0.2, 0) is 0 Å². The predicted octanol–water partition coefficient (Wildman–Crippen LogP) is 12.7. The molecule has 0 radical (unpaired) electrons. The lowest BCUT2D eigenvalue weighted by Gasteiger charge is -2.15. The Morgan fingerprint density at radius 3 is 1.54 bits per heavy atom. The van der Waals surface area contributed by atoms with E-state index in [0.717, 1.165) is 50.5 Å². The molecular formula is C48H36N4. The van der Waals surface area contributed by atoms with Crippen molar-refractivity contribution < 1.29 is 0 Å². The third kappa shape index (κ3) is 5.16. The second kappa shape index (κ2) is 13.2. The number of para-hydroxylation sites is 4. The highest BCUT2D eigenvalue weighted by Gasteiger charge is 2.21. The van der Waals surface area contributed by atoms with Crippen LogP contribution in [0.3, 0.4) is 0 Å². The standard InChI is InChI=1S/C46H30N4.C2H6/c1-4-16-31(17-5-1)39-29-40(48-46(47-39)32-18-6-2-7-19-32)36-24-12-15-27-43(36)50-42-26-14-11-23-35(42)38-28-37-34-22-10-13-25-41(34)49(44(37)30-45(38)50)33-20-8-3-9-21-33;1-2/h1-30H;1-2H3. The van der Waals surface area contributed by atoms with Crippen LogP contribution in [0.5, 0.6) is 0 Å². The van der Waals surface area contributed by atoms with Crippen molar-refractivity contribution in [2.24, 2.45) is 0 Å². The van der Waals surface area contributed by atoms with Gasteiger partial charge in [-0.3, -0.25) is 0 Å². The topological polar surface area (TPSA) is 35.6 Å². The van der Waals surface area contributed by atoms with Gasteiger partial charge in [-0.1, -0.05) is 147 Å². The lowest BCUT2D eigenvalue weighted by molar-refractivity contribution is 1.15. The number of rotatable bonds is 5. The molecular weight excluding hydrogens is 633 g/mol. The molecule has 0 aliphatic heterocycles. The quantitative estimate of drug-likeness (QED) is 0.183. The third-order valence-corrected chi connectivity index (χ3v) is 9.73. The molecule has 0 aliphatic carbocycles. The van der Waals surface area contributed by atoms with Crippen molar-refractivity contribution in [3.8, 4) is 45.3 Å². The monoisotopic (exact) mass is 668 g/mol. The van der Waals surface area contributed by atoms with Gasteiger partial charge in [-0.15, -0.1) is 0 Å². The van der Waals surface area contributed by atoms with Gasteiger partial charge in [-0.2, -0.15) is 0 Å². The number of hydrogen-bond acceptors (Lipinski definition) is 2. The van der Waals surface area contributed by atoms with Crippen molar-refractivity contribution in [1.29, 1.82) is 0 Å². The van der Waals surface area contributed by atoms with Crippen LogP contribution in [-0.4, -0.2) is 19.1 Å². The van der Waals surface area contributed by atoms with E-state index in [4.69, 9.17) is 9.97 Å². The average Bonchev–Trinajstić information content (AvgIpc) is 3.73. The van der Waals surface area contributed by atoms with Gasteiger partial charge in [-0.05, 0) is 48.5 Å². The van der Waals surface area contributed by atoms with Gasteiger partial charge < -0.3 is 9.13 Å². The summed E-state index contributed by atoms with van der Waals surface area (Å²) in [7, 11) is 0. The number of nitrogens with zero attached hydrogens (tertiary/aromatic N) is 4. The summed E-state index contributed by atoms with van der Waals surface area (Å²) < 4.78 is 4.81. The van der Waals surface area contributed by atoms with E-state index in [1.807, 2.05) is 38.1 Å². The van der Waals surface area contributed by atoms with Gasteiger partial charge >= 0.3 is 0 Å². The molecule has 10 rings (SSSR count). The SMILES string of the molecule is CC.c1ccc(-c2cc(-c3ccccc3-n3c4ccccc4c4cc5c6ccccc6n(-c6ccccc6)c5cc43)nc(-c3ccccc3)n2)cc1. The van der Waals surface area contributed by atoms with Crippen LogP contribution in [0.15, 0.2) is 182 Å². The molecule has 0 spiro atoms. The second-order valence-electron chi connectivity index (χ2n) is 12.6. The number of hydrogen-bond donors (Lipinski definition) is 0. The molecule has 248 valence electrons. The van der Waals surface area contributed by atoms with Gasteiger partial charge in [0.2, 0.25) is 0 Å². The van der Waals surface area contributed by atoms with Gasteiger partial charge in [0.25, 0.3) is 0 Å². The molecule has 7 aromatic carbocycles. The normalized spacial score (nSPS) is 11.3. The van der Waals surface area contributed by atoms with Gasteiger partial charge in [-0.25, -0.2) is 9.97 Å².